The summed E-state index contributed by atoms with van der Waals surface area (Å²) in [6, 6.07) is 6.56. The molecule has 0 saturated carbocycles. The van der Waals surface area contributed by atoms with Gasteiger partial charge in [-0.05, 0) is 37.3 Å². The third kappa shape index (κ3) is 1.78. The van der Waals surface area contributed by atoms with Gasteiger partial charge < -0.3 is 0 Å². The van der Waals surface area contributed by atoms with E-state index in [1.165, 1.54) is 27.5 Å². The minimum atomic E-state index is 0.974. The Balaban J connectivity index is 2.33. The van der Waals surface area contributed by atoms with Crippen LogP contribution in [0.5, 0.6) is 0 Å². The molecule has 0 atom stereocenters. The molecule has 0 saturated heterocycles. The lowest BCUT2D eigenvalue weighted by atomic mass is 10.0. The van der Waals surface area contributed by atoms with Crippen LogP contribution in [0, 0.1) is 6.92 Å². The highest BCUT2D eigenvalue weighted by atomic mass is 14.7. The Bertz CT molecular complexity index is 648. The maximum Gasteiger partial charge on any atom is 0.0671 e. The summed E-state index contributed by atoms with van der Waals surface area (Å²) >= 11 is 0. The van der Waals surface area contributed by atoms with Crippen LogP contribution in [0.4, 0.5) is 0 Å². The van der Waals surface area contributed by atoms with E-state index in [9.17, 15) is 0 Å². The Kier molecular flexibility index (Phi) is 2.32. The minimum Gasteiger partial charge on any atom is -0.256 e. The zero-order chi connectivity index (χ0) is 11.8. The number of rotatable bonds is 0. The molecule has 1 aliphatic carbocycles. The standard InChI is InChI=1S/C16H15N/c1-11-4-7-14-15-9-12(2)3-6-13(15)10-17-16(14)8-5-11/h3-6,8-10H,7H2,1-2H3. The maximum absolute atomic E-state index is 4.55. The van der Waals surface area contributed by atoms with Gasteiger partial charge in [-0.15, -0.1) is 0 Å². The number of aryl methyl sites for hydroxylation is 1. The van der Waals surface area contributed by atoms with Crippen molar-refractivity contribution >= 4 is 16.8 Å². The molecule has 17 heavy (non-hydrogen) atoms. The number of allylic oxidation sites excluding steroid dienone is 3. The van der Waals surface area contributed by atoms with Crippen molar-refractivity contribution in [2.75, 3.05) is 0 Å². The van der Waals surface area contributed by atoms with Crippen molar-refractivity contribution < 1.29 is 0 Å². The molecule has 0 fully saturated rings. The van der Waals surface area contributed by atoms with Crippen LogP contribution in [0.1, 0.15) is 23.7 Å². The maximum atomic E-state index is 4.55. The first-order valence-electron chi connectivity index (χ1n) is 5.97. The van der Waals surface area contributed by atoms with E-state index in [0.29, 0.717) is 0 Å². The number of hydrogen-bond acceptors (Lipinski definition) is 1. The average molecular weight is 221 g/mol. The predicted molar refractivity (Wildman–Crippen MR) is 73.0 cm³/mol. The van der Waals surface area contributed by atoms with E-state index in [-0.39, 0.29) is 0 Å². The SMILES string of the molecule is CC1=CCc2c(ncc3ccc(C)cc23)C=C1. The molecule has 1 heteroatoms. The fraction of sp³-hybridized carbons (Fsp3) is 0.188. The van der Waals surface area contributed by atoms with Crippen molar-refractivity contribution in [2.24, 2.45) is 0 Å². The smallest absolute Gasteiger partial charge is 0.0671 e. The van der Waals surface area contributed by atoms with Gasteiger partial charge in [-0.25, -0.2) is 0 Å². The quantitative estimate of drug-likeness (QED) is 0.653. The normalized spacial score (nSPS) is 14.4. The molecule has 0 bridgehead atoms. The van der Waals surface area contributed by atoms with Crippen LogP contribution in [-0.4, -0.2) is 4.98 Å². The first-order chi connectivity index (χ1) is 8.24. The highest BCUT2D eigenvalue weighted by Gasteiger charge is 2.08. The highest BCUT2D eigenvalue weighted by molar-refractivity contribution is 5.88. The summed E-state index contributed by atoms with van der Waals surface area (Å²) < 4.78 is 0. The van der Waals surface area contributed by atoms with Gasteiger partial charge in [-0.2, -0.15) is 0 Å². The van der Waals surface area contributed by atoms with Gasteiger partial charge in [-0.3, -0.25) is 4.98 Å². The molecule has 0 aliphatic heterocycles. The van der Waals surface area contributed by atoms with Crippen molar-refractivity contribution in [1.29, 1.82) is 0 Å². The number of fused-ring (bicyclic) bond motifs is 3. The molecule has 0 spiro atoms. The van der Waals surface area contributed by atoms with E-state index in [0.717, 1.165) is 12.1 Å². The van der Waals surface area contributed by atoms with Crippen molar-refractivity contribution in [3.05, 3.63) is 58.9 Å². The van der Waals surface area contributed by atoms with E-state index < -0.39 is 0 Å². The fourth-order valence-electron chi connectivity index (χ4n) is 2.30. The average Bonchev–Trinajstić information content (AvgIpc) is 2.52. The molecule has 1 heterocycles. The lowest BCUT2D eigenvalue weighted by Gasteiger charge is -2.08. The van der Waals surface area contributed by atoms with Crippen LogP contribution in [0.15, 0.2) is 42.1 Å². The summed E-state index contributed by atoms with van der Waals surface area (Å²) in [5, 5.41) is 2.57. The summed E-state index contributed by atoms with van der Waals surface area (Å²) in [7, 11) is 0. The van der Waals surface area contributed by atoms with E-state index >= 15 is 0 Å². The zero-order valence-electron chi connectivity index (χ0n) is 10.2. The summed E-state index contributed by atoms with van der Waals surface area (Å²) in [5.41, 5.74) is 5.07. The molecule has 84 valence electrons. The van der Waals surface area contributed by atoms with Crippen molar-refractivity contribution in [1.82, 2.24) is 4.98 Å². The van der Waals surface area contributed by atoms with Crippen LogP contribution < -0.4 is 0 Å². The van der Waals surface area contributed by atoms with Gasteiger partial charge in [0.15, 0.2) is 0 Å². The molecule has 1 aromatic carbocycles. The number of pyridine rings is 1. The van der Waals surface area contributed by atoms with Crippen LogP contribution in [0.2, 0.25) is 0 Å². The zero-order valence-corrected chi connectivity index (χ0v) is 10.2. The lowest BCUT2D eigenvalue weighted by Crippen LogP contribution is -1.93. The van der Waals surface area contributed by atoms with E-state index in [1.54, 1.807) is 0 Å². The van der Waals surface area contributed by atoms with E-state index in [2.05, 4.69) is 55.3 Å². The summed E-state index contributed by atoms with van der Waals surface area (Å²) in [6.07, 6.45) is 9.47. The second kappa shape index (κ2) is 3.85. The minimum absolute atomic E-state index is 0.974. The summed E-state index contributed by atoms with van der Waals surface area (Å²) in [4.78, 5) is 4.55. The van der Waals surface area contributed by atoms with Crippen molar-refractivity contribution in [3.8, 4) is 0 Å². The highest BCUT2D eigenvalue weighted by Crippen LogP contribution is 2.25. The molecule has 2 aromatic rings. The Morgan fingerprint density at radius 2 is 2.00 bits per heavy atom. The second-order valence-electron chi connectivity index (χ2n) is 4.70. The van der Waals surface area contributed by atoms with Gasteiger partial charge in [0.25, 0.3) is 0 Å². The van der Waals surface area contributed by atoms with Gasteiger partial charge in [0.1, 0.15) is 0 Å². The monoisotopic (exact) mass is 221 g/mol. The number of nitrogens with zero attached hydrogens (tertiary/aromatic N) is 1. The molecular weight excluding hydrogens is 206 g/mol. The summed E-state index contributed by atoms with van der Waals surface area (Å²) in [5.74, 6) is 0. The molecule has 3 rings (SSSR count). The molecular formula is C16H15N. The molecule has 0 unspecified atom stereocenters. The fourth-order valence-corrected chi connectivity index (χ4v) is 2.30. The molecule has 0 N–H and O–H groups in total. The summed E-state index contributed by atoms with van der Waals surface area (Å²) in [6.45, 7) is 4.27. The third-order valence-electron chi connectivity index (χ3n) is 3.32. The third-order valence-corrected chi connectivity index (χ3v) is 3.32. The molecule has 1 nitrogen and oxygen atoms in total. The Morgan fingerprint density at radius 3 is 2.88 bits per heavy atom. The van der Waals surface area contributed by atoms with Crippen LogP contribution in [0.25, 0.3) is 16.8 Å². The van der Waals surface area contributed by atoms with Gasteiger partial charge in [0.2, 0.25) is 0 Å². The number of hydrogen-bond donors (Lipinski definition) is 0. The van der Waals surface area contributed by atoms with Gasteiger partial charge in [0.05, 0.1) is 5.69 Å². The Hall–Kier alpha value is -1.89. The van der Waals surface area contributed by atoms with E-state index in [4.69, 9.17) is 0 Å². The second-order valence-corrected chi connectivity index (χ2v) is 4.70. The largest absolute Gasteiger partial charge is 0.256 e. The predicted octanol–water partition coefficient (Wildman–Crippen LogP) is 4.06. The van der Waals surface area contributed by atoms with Crippen LogP contribution >= 0.6 is 0 Å². The number of aromatic nitrogens is 1. The Labute approximate surface area is 102 Å². The first-order valence-corrected chi connectivity index (χ1v) is 5.97. The Morgan fingerprint density at radius 1 is 1.12 bits per heavy atom. The first kappa shape index (κ1) is 10.3. The van der Waals surface area contributed by atoms with Crippen LogP contribution in [0.3, 0.4) is 0 Å². The van der Waals surface area contributed by atoms with Crippen molar-refractivity contribution in [2.45, 2.75) is 20.3 Å². The molecule has 0 radical (unpaired) electrons. The van der Waals surface area contributed by atoms with Crippen LogP contribution in [-0.2, 0) is 6.42 Å². The van der Waals surface area contributed by atoms with Crippen molar-refractivity contribution in [3.63, 3.8) is 0 Å². The topological polar surface area (TPSA) is 12.9 Å². The van der Waals surface area contributed by atoms with Gasteiger partial charge in [-0.1, -0.05) is 41.5 Å². The van der Waals surface area contributed by atoms with Gasteiger partial charge >= 0.3 is 0 Å². The van der Waals surface area contributed by atoms with E-state index in [1.807, 2.05) is 6.20 Å². The lowest BCUT2D eigenvalue weighted by molar-refractivity contribution is 1.20. The van der Waals surface area contributed by atoms with Gasteiger partial charge in [0, 0.05) is 11.6 Å². The molecule has 1 aromatic heterocycles. The molecule has 0 amide bonds. The molecule has 1 aliphatic rings. The number of benzene rings is 1.